The van der Waals surface area contributed by atoms with Gasteiger partial charge in [0.15, 0.2) is 0 Å². The summed E-state index contributed by atoms with van der Waals surface area (Å²) < 4.78 is 24.5. The van der Waals surface area contributed by atoms with E-state index in [2.05, 4.69) is 19.2 Å². The van der Waals surface area contributed by atoms with Gasteiger partial charge in [-0.15, -0.1) is 0 Å². The van der Waals surface area contributed by atoms with Crippen molar-refractivity contribution in [1.82, 2.24) is 0 Å². The molecule has 2 aromatic carbocycles. The lowest BCUT2D eigenvalue weighted by atomic mass is 10.0. The molecule has 1 N–H and O–H groups in total. The molecule has 5 nitrogen and oxygen atoms in total. The van der Waals surface area contributed by atoms with Gasteiger partial charge in [0.2, 0.25) is 10.0 Å². The number of carbonyl (C=O) groups is 1. The molecule has 0 atom stereocenters. The van der Waals surface area contributed by atoms with Crippen molar-refractivity contribution in [3.63, 3.8) is 0 Å². The van der Waals surface area contributed by atoms with E-state index in [4.69, 9.17) is 11.6 Å². The molecule has 0 aliphatic heterocycles. The van der Waals surface area contributed by atoms with Gasteiger partial charge in [-0.1, -0.05) is 37.6 Å². The summed E-state index contributed by atoms with van der Waals surface area (Å²) in [7, 11) is -2.08. The lowest BCUT2D eigenvalue weighted by molar-refractivity contribution is 0.102. The van der Waals surface area contributed by atoms with Crippen molar-refractivity contribution in [2.24, 2.45) is 0 Å². The van der Waals surface area contributed by atoms with Crippen LogP contribution in [0, 0.1) is 0 Å². The minimum Gasteiger partial charge on any atom is -0.322 e. The van der Waals surface area contributed by atoms with Gasteiger partial charge in [-0.2, -0.15) is 0 Å². The summed E-state index contributed by atoms with van der Waals surface area (Å²) in [6.45, 7) is 4.20. The van der Waals surface area contributed by atoms with E-state index < -0.39 is 10.0 Å². The monoisotopic (exact) mass is 380 g/mol. The maximum absolute atomic E-state index is 12.4. The molecule has 0 radical (unpaired) electrons. The van der Waals surface area contributed by atoms with E-state index in [-0.39, 0.29) is 16.6 Å². The van der Waals surface area contributed by atoms with Crippen LogP contribution in [0.2, 0.25) is 5.02 Å². The SMILES string of the molecule is CC(C)c1ccc(NC(=O)c2ccc(Cl)c(N(C)S(C)(=O)=O)c2)cc1. The van der Waals surface area contributed by atoms with E-state index in [9.17, 15) is 13.2 Å². The van der Waals surface area contributed by atoms with Gasteiger partial charge in [-0.05, 0) is 41.8 Å². The van der Waals surface area contributed by atoms with Crippen molar-refractivity contribution in [2.45, 2.75) is 19.8 Å². The van der Waals surface area contributed by atoms with Gasteiger partial charge in [0.1, 0.15) is 0 Å². The standard InChI is InChI=1S/C18H21ClN2O3S/c1-12(2)13-5-8-15(9-6-13)20-18(22)14-7-10-16(19)17(11-14)21(3)25(4,23)24/h5-12H,1-4H3,(H,20,22). The number of halogens is 1. The maximum Gasteiger partial charge on any atom is 0.255 e. The number of nitrogens with zero attached hydrogens (tertiary/aromatic N) is 1. The van der Waals surface area contributed by atoms with E-state index in [0.29, 0.717) is 17.2 Å². The molecular formula is C18H21ClN2O3S. The highest BCUT2D eigenvalue weighted by atomic mass is 35.5. The molecule has 0 spiro atoms. The Morgan fingerprint density at radius 3 is 2.24 bits per heavy atom. The summed E-state index contributed by atoms with van der Waals surface area (Å²) in [4.78, 5) is 12.4. The molecule has 2 aromatic rings. The minimum absolute atomic E-state index is 0.255. The molecule has 1 amide bonds. The van der Waals surface area contributed by atoms with Crippen LogP contribution in [0.3, 0.4) is 0 Å². The molecule has 0 saturated carbocycles. The third-order valence-electron chi connectivity index (χ3n) is 3.88. The first kappa shape index (κ1) is 19.3. The van der Waals surface area contributed by atoms with E-state index in [1.54, 1.807) is 6.07 Å². The number of rotatable bonds is 5. The fraction of sp³-hybridized carbons (Fsp3) is 0.278. The normalized spacial score (nSPS) is 11.4. The molecule has 2 rings (SSSR count). The number of hydrogen-bond donors (Lipinski definition) is 1. The number of anilines is 2. The molecule has 0 saturated heterocycles. The number of carbonyl (C=O) groups excluding carboxylic acids is 1. The fourth-order valence-corrected chi connectivity index (χ4v) is 3.03. The topological polar surface area (TPSA) is 66.5 Å². The highest BCUT2D eigenvalue weighted by Gasteiger charge is 2.17. The number of hydrogen-bond acceptors (Lipinski definition) is 3. The van der Waals surface area contributed by atoms with Crippen LogP contribution in [-0.4, -0.2) is 27.6 Å². The van der Waals surface area contributed by atoms with Gasteiger partial charge in [0.05, 0.1) is 17.0 Å². The predicted octanol–water partition coefficient (Wildman–Crippen LogP) is 4.11. The van der Waals surface area contributed by atoms with Gasteiger partial charge in [0, 0.05) is 18.3 Å². The zero-order valence-electron chi connectivity index (χ0n) is 14.6. The molecule has 25 heavy (non-hydrogen) atoms. The minimum atomic E-state index is -3.48. The first-order valence-corrected chi connectivity index (χ1v) is 9.97. The number of sulfonamides is 1. The smallest absolute Gasteiger partial charge is 0.255 e. The second kappa shape index (κ2) is 7.45. The molecule has 0 unspecified atom stereocenters. The van der Waals surface area contributed by atoms with Crippen LogP contribution in [0.4, 0.5) is 11.4 Å². The van der Waals surface area contributed by atoms with Gasteiger partial charge >= 0.3 is 0 Å². The summed E-state index contributed by atoms with van der Waals surface area (Å²) >= 11 is 6.07. The van der Waals surface area contributed by atoms with Crippen LogP contribution in [-0.2, 0) is 10.0 Å². The third-order valence-corrected chi connectivity index (χ3v) is 5.39. The summed E-state index contributed by atoms with van der Waals surface area (Å²) in [5, 5.41) is 3.05. The van der Waals surface area contributed by atoms with Gasteiger partial charge in [-0.3, -0.25) is 9.10 Å². The van der Waals surface area contributed by atoms with Crippen LogP contribution in [0.25, 0.3) is 0 Å². The Morgan fingerprint density at radius 2 is 1.72 bits per heavy atom. The molecule has 0 aliphatic carbocycles. The molecule has 0 bridgehead atoms. The summed E-state index contributed by atoms with van der Waals surface area (Å²) in [5.41, 5.74) is 2.43. The van der Waals surface area contributed by atoms with Crippen LogP contribution >= 0.6 is 11.6 Å². The quantitative estimate of drug-likeness (QED) is 0.848. The third kappa shape index (κ3) is 4.74. The van der Waals surface area contributed by atoms with Crippen LogP contribution < -0.4 is 9.62 Å². The first-order chi connectivity index (χ1) is 11.6. The lowest BCUT2D eigenvalue weighted by Gasteiger charge is -2.19. The Bertz CT molecular complexity index is 878. The van der Waals surface area contributed by atoms with E-state index in [0.717, 1.165) is 10.6 Å². The molecular weight excluding hydrogens is 360 g/mol. The predicted molar refractivity (Wildman–Crippen MR) is 103 cm³/mol. The number of benzene rings is 2. The van der Waals surface area contributed by atoms with Gasteiger partial charge < -0.3 is 5.32 Å². The Morgan fingerprint density at radius 1 is 1.12 bits per heavy atom. The van der Waals surface area contributed by atoms with E-state index >= 15 is 0 Å². The molecule has 0 fully saturated rings. The lowest BCUT2D eigenvalue weighted by Crippen LogP contribution is -2.25. The zero-order valence-corrected chi connectivity index (χ0v) is 16.1. The Hall–Kier alpha value is -2.05. The first-order valence-electron chi connectivity index (χ1n) is 7.74. The van der Waals surface area contributed by atoms with Crippen LogP contribution in [0.5, 0.6) is 0 Å². The van der Waals surface area contributed by atoms with Crippen LogP contribution in [0.15, 0.2) is 42.5 Å². The summed E-state index contributed by atoms with van der Waals surface area (Å²) in [6.07, 6.45) is 1.08. The molecule has 7 heteroatoms. The Labute approximate surface area is 153 Å². The largest absolute Gasteiger partial charge is 0.322 e. The highest BCUT2D eigenvalue weighted by Crippen LogP contribution is 2.28. The average molecular weight is 381 g/mol. The van der Waals surface area contributed by atoms with E-state index in [1.165, 1.54) is 24.7 Å². The van der Waals surface area contributed by atoms with Crippen molar-refractivity contribution in [3.8, 4) is 0 Å². The molecule has 0 aromatic heterocycles. The van der Waals surface area contributed by atoms with Crippen molar-refractivity contribution in [3.05, 3.63) is 58.6 Å². The molecule has 134 valence electrons. The van der Waals surface area contributed by atoms with Gasteiger partial charge in [-0.25, -0.2) is 8.42 Å². The number of amides is 1. The Kier molecular flexibility index (Phi) is 5.75. The average Bonchev–Trinajstić information content (AvgIpc) is 2.54. The van der Waals surface area contributed by atoms with Crippen LogP contribution in [0.1, 0.15) is 35.7 Å². The molecule has 0 aliphatic rings. The van der Waals surface area contributed by atoms with Gasteiger partial charge in [0.25, 0.3) is 5.91 Å². The zero-order chi connectivity index (χ0) is 18.8. The number of nitrogens with one attached hydrogen (secondary N) is 1. The highest BCUT2D eigenvalue weighted by molar-refractivity contribution is 7.92. The van der Waals surface area contributed by atoms with Crippen molar-refractivity contribution >= 4 is 38.9 Å². The van der Waals surface area contributed by atoms with E-state index in [1.807, 2.05) is 24.3 Å². The second-order valence-corrected chi connectivity index (χ2v) is 8.55. The van der Waals surface area contributed by atoms with Crippen molar-refractivity contribution < 1.29 is 13.2 Å². The van der Waals surface area contributed by atoms with Crippen molar-refractivity contribution in [2.75, 3.05) is 22.9 Å². The molecule has 0 heterocycles. The van der Waals surface area contributed by atoms with Crippen molar-refractivity contribution in [1.29, 1.82) is 0 Å². The Balaban J connectivity index is 2.25. The second-order valence-electron chi connectivity index (χ2n) is 6.13. The summed E-state index contributed by atoms with van der Waals surface area (Å²) in [6, 6.07) is 12.1. The summed E-state index contributed by atoms with van der Waals surface area (Å²) in [5.74, 6) is 0.0761. The fourth-order valence-electron chi connectivity index (χ4n) is 2.23. The maximum atomic E-state index is 12.4.